The Kier molecular flexibility index (Phi) is 2.90. The molecule has 1 heteroatoms. The molecule has 0 spiro atoms. The molecule has 2 rings (SSSR count). The highest BCUT2D eigenvalue weighted by Gasteiger charge is 2.35. The largest absolute Gasteiger partial charge is 0.299 e. The van der Waals surface area contributed by atoms with Crippen LogP contribution >= 0.6 is 0 Å². The Bertz CT molecular complexity index is 334. The van der Waals surface area contributed by atoms with Gasteiger partial charge in [0.05, 0.1) is 0 Å². The third-order valence-electron chi connectivity index (χ3n) is 3.59. The second kappa shape index (κ2) is 4.18. The standard InChI is InChI=1S/C14H18O/c1-14(9-5-6-10-14)13(15)11-12-7-3-2-4-8-12/h2-4,7-8H,5-6,9-11H2,1H3. The van der Waals surface area contributed by atoms with Gasteiger partial charge in [0.2, 0.25) is 0 Å². The second-order valence-electron chi connectivity index (χ2n) is 4.85. The fraction of sp³-hybridized carbons (Fsp3) is 0.500. The van der Waals surface area contributed by atoms with Gasteiger partial charge in [0.15, 0.2) is 0 Å². The molecule has 0 heterocycles. The highest BCUT2D eigenvalue weighted by Crippen LogP contribution is 2.38. The van der Waals surface area contributed by atoms with E-state index in [4.69, 9.17) is 0 Å². The lowest BCUT2D eigenvalue weighted by atomic mass is 9.81. The molecule has 1 aromatic rings. The van der Waals surface area contributed by atoms with Crippen molar-refractivity contribution >= 4 is 5.78 Å². The zero-order valence-corrected chi connectivity index (χ0v) is 9.33. The van der Waals surface area contributed by atoms with Gasteiger partial charge in [-0.05, 0) is 18.4 Å². The molecule has 0 atom stereocenters. The van der Waals surface area contributed by atoms with Crippen molar-refractivity contribution in [2.24, 2.45) is 5.41 Å². The monoisotopic (exact) mass is 202 g/mol. The topological polar surface area (TPSA) is 17.1 Å². The average molecular weight is 202 g/mol. The van der Waals surface area contributed by atoms with E-state index in [0.717, 1.165) is 18.4 Å². The molecule has 15 heavy (non-hydrogen) atoms. The first kappa shape index (κ1) is 10.4. The zero-order chi connectivity index (χ0) is 10.7. The highest BCUT2D eigenvalue weighted by molar-refractivity contribution is 5.86. The Morgan fingerprint density at radius 2 is 1.80 bits per heavy atom. The van der Waals surface area contributed by atoms with E-state index in [1.807, 2.05) is 30.3 Å². The lowest BCUT2D eigenvalue weighted by Gasteiger charge is -2.21. The predicted octanol–water partition coefficient (Wildman–Crippen LogP) is 3.38. The second-order valence-corrected chi connectivity index (χ2v) is 4.85. The van der Waals surface area contributed by atoms with Crippen molar-refractivity contribution in [3.05, 3.63) is 35.9 Å². The summed E-state index contributed by atoms with van der Waals surface area (Å²) in [6, 6.07) is 10.1. The van der Waals surface area contributed by atoms with E-state index in [-0.39, 0.29) is 5.41 Å². The third-order valence-corrected chi connectivity index (χ3v) is 3.59. The molecule has 0 amide bonds. The molecule has 0 aromatic heterocycles. The van der Waals surface area contributed by atoms with Crippen LogP contribution < -0.4 is 0 Å². The predicted molar refractivity (Wildman–Crippen MR) is 61.7 cm³/mol. The molecule has 0 radical (unpaired) electrons. The fourth-order valence-electron chi connectivity index (χ4n) is 2.43. The first-order chi connectivity index (χ1) is 7.21. The number of rotatable bonds is 3. The van der Waals surface area contributed by atoms with Crippen LogP contribution in [0.3, 0.4) is 0 Å². The number of carbonyl (C=O) groups is 1. The lowest BCUT2D eigenvalue weighted by Crippen LogP contribution is -2.25. The molecular weight excluding hydrogens is 184 g/mol. The fourth-order valence-corrected chi connectivity index (χ4v) is 2.43. The van der Waals surface area contributed by atoms with Crippen LogP contribution in [0.2, 0.25) is 0 Å². The minimum atomic E-state index is -0.0319. The van der Waals surface area contributed by atoms with Crippen LogP contribution in [-0.2, 0) is 11.2 Å². The summed E-state index contributed by atoms with van der Waals surface area (Å²) in [5.74, 6) is 0.422. The molecule has 1 aliphatic rings. The van der Waals surface area contributed by atoms with Crippen molar-refractivity contribution in [2.45, 2.75) is 39.0 Å². The van der Waals surface area contributed by atoms with Crippen molar-refractivity contribution in [1.82, 2.24) is 0 Å². The van der Waals surface area contributed by atoms with Crippen molar-refractivity contribution in [3.8, 4) is 0 Å². The molecule has 0 bridgehead atoms. The van der Waals surface area contributed by atoms with Gasteiger partial charge in [0.25, 0.3) is 0 Å². The van der Waals surface area contributed by atoms with Gasteiger partial charge in [-0.25, -0.2) is 0 Å². The van der Waals surface area contributed by atoms with Crippen molar-refractivity contribution in [1.29, 1.82) is 0 Å². The number of Topliss-reactive ketones (excluding diaryl/α,β-unsaturated/α-hetero) is 1. The molecule has 1 saturated carbocycles. The third kappa shape index (κ3) is 2.28. The maximum atomic E-state index is 12.1. The molecule has 1 fully saturated rings. The lowest BCUT2D eigenvalue weighted by molar-refractivity contribution is -0.126. The van der Waals surface area contributed by atoms with Crippen LogP contribution in [0.15, 0.2) is 30.3 Å². The molecule has 0 unspecified atom stereocenters. The van der Waals surface area contributed by atoms with Crippen molar-refractivity contribution in [2.75, 3.05) is 0 Å². The first-order valence-corrected chi connectivity index (χ1v) is 5.78. The van der Waals surface area contributed by atoms with Crippen LogP contribution in [0.5, 0.6) is 0 Å². The Balaban J connectivity index is 2.04. The summed E-state index contributed by atoms with van der Waals surface area (Å²) >= 11 is 0. The summed E-state index contributed by atoms with van der Waals surface area (Å²) in [6.45, 7) is 2.13. The maximum absolute atomic E-state index is 12.1. The Morgan fingerprint density at radius 1 is 1.20 bits per heavy atom. The van der Waals surface area contributed by atoms with Gasteiger partial charge in [-0.1, -0.05) is 50.1 Å². The summed E-state index contributed by atoms with van der Waals surface area (Å²) in [6.07, 6.45) is 5.21. The summed E-state index contributed by atoms with van der Waals surface area (Å²) < 4.78 is 0. The van der Waals surface area contributed by atoms with Gasteiger partial charge in [-0.3, -0.25) is 4.79 Å². The molecule has 1 aromatic carbocycles. The number of hydrogen-bond acceptors (Lipinski definition) is 1. The Morgan fingerprint density at radius 3 is 2.40 bits per heavy atom. The Labute approximate surface area is 91.5 Å². The van der Waals surface area contributed by atoms with Gasteiger partial charge in [-0.15, -0.1) is 0 Å². The summed E-state index contributed by atoms with van der Waals surface area (Å²) in [7, 11) is 0. The van der Waals surface area contributed by atoms with Gasteiger partial charge < -0.3 is 0 Å². The quantitative estimate of drug-likeness (QED) is 0.734. The van der Waals surface area contributed by atoms with E-state index < -0.39 is 0 Å². The maximum Gasteiger partial charge on any atom is 0.143 e. The van der Waals surface area contributed by atoms with E-state index >= 15 is 0 Å². The van der Waals surface area contributed by atoms with Gasteiger partial charge >= 0.3 is 0 Å². The van der Waals surface area contributed by atoms with Crippen LogP contribution in [0.1, 0.15) is 38.2 Å². The van der Waals surface area contributed by atoms with E-state index in [0.29, 0.717) is 12.2 Å². The molecular formula is C14H18O. The van der Waals surface area contributed by atoms with Crippen LogP contribution in [0, 0.1) is 5.41 Å². The van der Waals surface area contributed by atoms with Gasteiger partial charge in [-0.2, -0.15) is 0 Å². The summed E-state index contributed by atoms with van der Waals surface area (Å²) in [5.41, 5.74) is 1.12. The van der Waals surface area contributed by atoms with E-state index in [1.165, 1.54) is 12.8 Å². The number of hydrogen-bond donors (Lipinski definition) is 0. The number of ketones is 1. The molecule has 0 aliphatic heterocycles. The minimum Gasteiger partial charge on any atom is -0.299 e. The van der Waals surface area contributed by atoms with Gasteiger partial charge in [0, 0.05) is 11.8 Å². The van der Waals surface area contributed by atoms with Gasteiger partial charge in [0.1, 0.15) is 5.78 Å². The molecule has 0 saturated heterocycles. The SMILES string of the molecule is CC1(C(=O)Cc2ccccc2)CCCC1. The minimum absolute atomic E-state index is 0.0319. The van der Waals surface area contributed by atoms with Crippen LogP contribution in [0.25, 0.3) is 0 Å². The normalized spacial score (nSPS) is 19.0. The van der Waals surface area contributed by atoms with Crippen molar-refractivity contribution < 1.29 is 4.79 Å². The first-order valence-electron chi connectivity index (χ1n) is 5.78. The summed E-state index contributed by atoms with van der Waals surface area (Å²) in [4.78, 5) is 12.1. The number of carbonyl (C=O) groups excluding carboxylic acids is 1. The van der Waals surface area contributed by atoms with E-state index in [9.17, 15) is 4.79 Å². The molecule has 1 nitrogen and oxygen atoms in total. The molecule has 80 valence electrons. The summed E-state index contributed by atoms with van der Waals surface area (Å²) in [5, 5.41) is 0. The van der Waals surface area contributed by atoms with E-state index in [2.05, 4.69) is 6.92 Å². The smallest absolute Gasteiger partial charge is 0.143 e. The number of benzene rings is 1. The van der Waals surface area contributed by atoms with Crippen molar-refractivity contribution in [3.63, 3.8) is 0 Å². The van der Waals surface area contributed by atoms with Crippen LogP contribution in [0.4, 0.5) is 0 Å². The highest BCUT2D eigenvalue weighted by atomic mass is 16.1. The zero-order valence-electron chi connectivity index (χ0n) is 9.33. The molecule has 0 N–H and O–H groups in total. The average Bonchev–Trinajstić information content (AvgIpc) is 2.68. The van der Waals surface area contributed by atoms with E-state index in [1.54, 1.807) is 0 Å². The van der Waals surface area contributed by atoms with Crippen LogP contribution in [-0.4, -0.2) is 5.78 Å². The Hall–Kier alpha value is -1.11. The molecule has 1 aliphatic carbocycles.